The molecule has 0 aromatic heterocycles. The Hall–Kier alpha value is -1.32. The number of amides is 1. The van der Waals surface area contributed by atoms with Crippen molar-refractivity contribution in [1.82, 2.24) is 4.90 Å². The van der Waals surface area contributed by atoms with Crippen LogP contribution in [0.4, 0.5) is 0 Å². The van der Waals surface area contributed by atoms with E-state index in [4.69, 9.17) is 0 Å². The molecule has 1 amide bonds. The Kier molecular flexibility index (Phi) is 3.35. The molecule has 6 atom stereocenters. The van der Waals surface area contributed by atoms with Crippen molar-refractivity contribution in [1.29, 1.82) is 0 Å². The number of carbonyl (C=O) groups is 2. The minimum absolute atomic E-state index is 0.0573. The van der Waals surface area contributed by atoms with Gasteiger partial charge in [-0.05, 0) is 51.4 Å². The second kappa shape index (κ2) is 4.90. The molecule has 6 unspecified atom stereocenters. The molecule has 20 heavy (non-hydrogen) atoms. The molecule has 1 saturated heterocycles. The van der Waals surface area contributed by atoms with Gasteiger partial charge in [0, 0.05) is 12.1 Å². The smallest absolute Gasteiger partial charge is 0.307 e. The summed E-state index contributed by atoms with van der Waals surface area (Å²) in [5.41, 5.74) is 0. The largest absolute Gasteiger partial charge is 0.481 e. The molecule has 0 radical (unpaired) electrons. The van der Waals surface area contributed by atoms with Crippen LogP contribution in [0.5, 0.6) is 0 Å². The average molecular weight is 277 g/mol. The summed E-state index contributed by atoms with van der Waals surface area (Å²) in [4.78, 5) is 26.5. The van der Waals surface area contributed by atoms with Gasteiger partial charge in [0.05, 0.1) is 11.8 Å². The predicted octanol–water partition coefficient (Wildman–Crippen LogP) is 2.30. The second-order valence-corrected chi connectivity index (χ2v) is 6.71. The molecule has 4 heteroatoms. The summed E-state index contributed by atoms with van der Waals surface area (Å²) in [5, 5.41) is 9.48. The van der Waals surface area contributed by atoms with Gasteiger partial charge >= 0.3 is 5.97 Å². The summed E-state index contributed by atoms with van der Waals surface area (Å²) >= 11 is 0. The fraction of sp³-hybridized carbons (Fsp3) is 0.750. The number of fused-ring (bicyclic) bond motifs is 2. The van der Waals surface area contributed by atoms with Gasteiger partial charge in [-0.2, -0.15) is 0 Å². The van der Waals surface area contributed by atoms with Crippen molar-refractivity contribution >= 4 is 11.9 Å². The summed E-state index contributed by atoms with van der Waals surface area (Å²) in [6.45, 7) is 4.18. The molecule has 3 aliphatic rings. The summed E-state index contributed by atoms with van der Waals surface area (Å²) in [7, 11) is 0. The van der Waals surface area contributed by atoms with Crippen molar-refractivity contribution in [2.45, 2.75) is 51.6 Å². The zero-order valence-corrected chi connectivity index (χ0v) is 12.2. The molecule has 1 heterocycles. The van der Waals surface area contributed by atoms with E-state index in [-0.39, 0.29) is 35.7 Å². The fourth-order valence-electron chi connectivity index (χ4n) is 4.52. The molecule has 110 valence electrons. The minimum Gasteiger partial charge on any atom is -0.481 e. The molecule has 2 fully saturated rings. The van der Waals surface area contributed by atoms with Crippen molar-refractivity contribution in [2.75, 3.05) is 0 Å². The van der Waals surface area contributed by atoms with Gasteiger partial charge in [-0.15, -0.1) is 0 Å². The highest BCUT2D eigenvalue weighted by molar-refractivity contribution is 5.87. The summed E-state index contributed by atoms with van der Waals surface area (Å²) < 4.78 is 0. The Morgan fingerprint density at radius 2 is 1.60 bits per heavy atom. The van der Waals surface area contributed by atoms with Crippen LogP contribution in [0.15, 0.2) is 12.2 Å². The number of carbonyl (C=O) groups excluding carboxylic acids is 1. The van der Waals surface area contributed by atoms with E-state index in [1.807, 2.05) is 11.0 Å². The number of rotatable bonds is 2. The van der Waals surface area contributed by atoms with Crippen LogP contribution in [0.25, 0.3) is 0 Å². The highest BCUT2D eigenvalue weighted by atomic mass is 16.4. The van der Waals surface area contributed by atoms with E-state index in [0.29, 0.717) is 0 Å². The molecule has 1 saturated carbocycles. The third kappa shape index (κ3) is 1.97. The zero-order chi connectivity index (χ0) is 14.4. The highest BCUT2D eigenvalue weighted by Gasteiger charge is 2.53. The summed E-state index contributed by atoms with van der Waals surface area (Å²) in [5.74, 6) is -1.40. The van der Waals surface area contributed by atoms with Crippen LogP contribution in [0.2, 0.25) is 0 Å². The molecule has 0 aromatic carbocycles. The molecule has 4 nitrogen and oxygen atoms in total. The Morgan fingerprint density at radius 1 is 1.05 bits per heavy atom. The maximum absolute atomic E-state index is 13.0. The fourth-order valence-corrected chi connectivity index (χ4v) is 4.52. The van der Waals surface area contributed by atoms with Gasteiger partial charge in [0.1, 0.15) is 0 Å². The SMILES string of the molecule is CC1CCCC(C)N1C(=O)C1C2C=CC(C2)C1C(=O)O. The monoisotopic (exact) mass is 277 g/mol. The topological polar surface area (TPSA) is 57.6 Å². The lowest BCUT2D eigenvalue weighted by molar-refractivity contribution is -0.154. The molecule has 1 aliphatic heterocycles. The van der Waals surface area contributed by atoms with Gasteiger partial charge in [-0.1, -0.05) is 12.2 Å². The van der Waals surface area contributed by atoms with Crippen molar-refractivity contribution in [3.63, 3.8) is 0 Å². The maximum atomic E-state index is 13.0. The number of likely N-dealkylation sites (tertiary alicyclic amines) is 1. The molecular formula is C16H23NO3. The number of hydrogen-bond donors (Lipinski definition) is 1. The lowest BCUT2D eigenvalue weighted by Gasteiger charge is -2.42. The molecular weight excluding hydrogens is 254 g/mol. The van der Waals surface area contributed by atoms with E-state index in [2.05, 4.69) is 19.9 Å². The lowest BCUT2D eigenvalue weighted by Crippen LogP contribution is -2.52. The first-order chi connectivity index (χ1) is 9.50. The summed E-state index contributed by atoms with van der Waals surface area (Å²) in [6, 6.07) is 0.479. The number of allylic oxidation sites excluding steroid dienone is 2. The van der Waals surface area contributed by atoms with E-state index < -0.39 is 11.9 Å². The molecule has 2 aliphatic carbocycles. The quantitative estimate of drug-likeness (QED) is 0.788. The standard InChI is InChI=1S/C16H23NO3/c1-9-4-3-5-10(2)17(9)15(18)13-11-6-7-12(8-11)14(13)16(19)20/h6-7,9-14H,3-5,8H2,1-2H3,(H,19,20). The van der Waals surface area contributed by atoms with E-state index in [9.17, 15) is 14.7 Å². The lowest BCUT2D eigenvalue weighted by atomic mass is 9.81. The third-order valence-electron chi connectivity index (χ3n) is 5.48. The first-order valence-corrected chi connectivity index (χ1v) is 7.74. The van der Waals surface area contributed by atoms with Gasteiger partial charge in [-0.3, -0.25) is 9.59 Å². The number of hydrogen-bond acceptors (Lipinski definition) is 2. The third-order valence-corrected chi connectivity index (χ3v) is 5.48. The molecule has 0 aromatic rings. The van der Waals surface area contributed by atoms with Crippen LogP contribution < -0.4 is 0 Å². The molecule has 0 spiro atoms. The first-order valence-electron chi connectivity index (χ1n) is 7.74. The van der Waals surface area contributed by atoms with Gasteiger partial charge in [0.15, 0.2) is 0 Å². The number of nitrogens with zero attached hydrogens (tertiary/aromatic N) is 1. The van der Waals surface area contributed by atoms with E-state index in [1.165, 1.54) is 0 Å². The Morgan fingerprint density at radius 3 is 2.15 bits per heavy atom. The van der Waals surface area contributed by atoms with Crippen molar-refractivity contribution in [2.24, 2.45) is 23.7 Å². The van der Waals surface area contributed by atoms with Crippen molar-refractivity contribution < 1.29 is 14.7 Å². The van der Waals surface area contributed by atoms with Crippen LogP contribution in [-0.2, 0) is 9.59 Å². The molecule has 1 N–H and O–H groups in total. The van der Waals surface area contributed by atoms with Gasteiger partial charge in [0.25, 0.3) is 0 Å². The molecule has 3 rings (SSSR count). The number of carboxylic acid groups (broad SMARTS) is 1. The van der Waals surface area contributed by atoms with Crippen LogP contribution in [0.3, 0.4) is 0 Å². The van der Waals surface area contributed by atoms with E-state index in [0.717, 1.165) is 25.7 Å². The van der Waals surface area contributed by atoms with Gasteiger partial charge < -0.3 is 10.0 Å². The number of aliphatic carboxylic acids is 1. The maximum Gasteiger partial charge on any atom is 0.307 e. The zero-order valence-electron chi connectivity index (χ0n) is 12.2. The van der Waals surface area contributed by atoms with Gasteiger partial charge in [-0.25, -0.2) is 0 Å². The number of piperidine rings is 1. The summed E-state index contributed by atoms with van der Waals surface area (Å²) in [6.07, 6.45) is 8.12. The van der Waals surface area contributed by atoms with Crippen LogP contribution in [0, 0.1) is 23.7 Å². The average Bonchev–Trinajstić information content (AvgIpc) is 2.98. The van der Waals surface area contributed by atoms with E-state index in [1.54, 1.807) is 0 Å². The number of carboxylic acids is 1. The second-order valence-electron chi connectivity index (χ2n) is 6.71. The molecule has 2 bridgehead atoms. The van der Waals surface area contributed by atoms with Crippen LogP contribution in [0.1, 0.15) is 39.5 Å². The Balaban J connectivity index is 1.86. The van der Waals surface area contributed by atoms with Crippen molar-refractivity contribution in [3.05, 3.63) is 12.2 Å². The first kappa shape index (κ1) is 13.7. The Bertz CT molecular complexity index is 449. The normalized spacial score (nSPS) is 43.0. The van der Waals surface area contributed by atoms with Crippen LogP contribution in [-0.4, -0.2) is 34.0 Å². The highest BCUT2D eigenvalue weighted by Crippen LogP contribution is 2.49. The van der Waals surface area contributed by atoms with E-state index >= 15 is 0 Å². The minimum atomic E-state index is -0.808. The van der Waals surface area contributed by atoms with Crippen molar-refractivity contribution in [3.8, 4) is 0 Å². The Labute approximate surface area is 119 Å². The van der Waals surface area contributed by atoms with Crippen LogP contribution >= 0.6 is 0 Å². The van der Waals surface area contributed by atoms with Gasteiger partial charge in [0.2, 0.25) is 5.91 Å². The predicted molar refractivity (Wildman–Crippen MR) is 75.0 cm³/mol.